The average Bonchev–Trinajstić information content (AvgIpc) is 2.69. The number of nitro groups is 1. The molecular formula is C11H14N2O6S. The number of rotatable bonds is 3. The summed E-state index contributed by atoms with van der Waals surface area (Å²) in [5.41, 5.74) is -0.268. The third-order valence-corrected chi connectivity index (χ3v) is 5.24. The molecule has 0 amide bonds. The van der Waals surface area contributed by atoms with Crippen LogP contribution in [0.5, 0.6) is 0 Å². The van der Waals surface area contributed by atoms with Crippen LogP contribution < -0.4 is 0 Å². The Labute approximate surface area is 115 Å². The molecule has 1 fully saturated rings. The number of hydrogen-bond donors (Lipinski definition) is 2. The number of nitro benzene ring substituents is 1. The molecule has 1 saturated heterocycles. The van der Waals surface area contributed by atoms with Gasteiger partial charge in [0.1, 0.15) is 0 Å². The molecule has 8 nitrogen and oxygen atoms in total. The zero-order valence-corrected chi connectivity index (χ0v) is 11.4. The van der Waals surface area contributed by atoms with Gasteiger partial charge in [-0.3, -0.25) is 10.1 Å². The third kappa shape index (κ3) is 2.40. The van der Waals surface area contributed by atoms with Crippen LogP contribution in [0.3, 0.4) is 0 Å². The molecule has 2 atom stereocenters. The first-order valence-corrected chi connectivity index (χ1v) is 7.29. The topological polar surface area (TPSA) is 121 Å². The average molecular weight is 302 g/mol. The summed E-state index contributed by atoms with van der Waals surface area (Å²) >= 11 is 0. The highest BCUT2D eigenvalue weighted by atomic mass is 32.2. The van der Waals surface area contributed by atoms with Crippen LogP contribution in [0.15, 0.2) is 23.1 Å². The van der Waals surface area contributed by atoms with Gasteiger partial charge in [0.15, 0.2) is 4.90 Å². The zero-order valence-electron chi connectivity index (χ0n) is 10.6. The number of benzene rings is 1. The molecule has 1 aromatic rings. The van der Waals surface area contributed by atoms with Gasteiger partial charge >= 0.3 is 0 Å². The molecule has 20 heavy (non-hydrogen) atoms. The molecule has 0 bridgehead atoms. The standard InChI is InChI=1S/C11H14N2O6S/c1-7-3-2-4-8(13(16)17)11(7)20(18,19)12-5-9(14)10(15)6-12/h2-4,9-10,14-15H,5-6H2,1H3. The Balaban J connectivity index is 2.53. The molecule has 2 N–H and O–H groups in total. The summed E-state index contributed by atoms with van der Waals surface area (Å²) in [5, 5.41) is 29.9. The number of nitrogens with zero attached hydrogens (tertiary/aromatic N) is 2. The molecule has 1 heterocycles. The normalized spacial score (nSPS) is 23.9. The van der Waals surface area contributed by atoms with E-state index in [1.54, 1.807) is 0 Å². The molecule has 2 unspecified atom stereocenters. The van der Waals surface area contributed by atoms with Crippen LogP contribution in [-0.2, 0) is 10.0 Å². The lowest BCUT2D eigenvalue weighted by Crippen LogP contribution is -2.31. The molecule has 1 aromatic carbocycles. The van der Waals surface area contributed by atoms with E-state index in [0.717, 1.165) is 10.4 Å². The maximum absolute atomic E-state index is 12.5. The smallest absolute Gasteiger partial charge is 0.289 e. The summed E-state index contributed by atoms with van der Waals surface area (Å²) in [6.07, 6.45) is -2.37. The van der Waals surface area contributed by atoms with Gasteiger partial charge in [-0.2, -0.15) is 4.31 Å². The minimum atomic E-state index is -4.14. The van der Waals surface area contributed by atoms with Crippen molar-refractivity contribution in [2.45, 2.75) is 24.0 Å². The van der Waals surface area contributed by atoms with E-state index in [1.807, 2.05) is 0 Å². The van der Waals surface area contributed by atoms with E-state index in [-0.39, 0.29) is 18.7 Å². The Bertz CT molecular complexity index is 634. The van der Waals surface area contributed by atoms with Gasteiger partial charge in [0.25, 0.3) is 5.69 Å². The van der Waals surface area contributed by atoms with E-state index < -0.39 is 37.7 Å². The quantitative estimate of drug-likeness (QED) is 0.580. The SMILES string of the molecule is Cc1cccc([N+](=O)[O-])c1S(=O)(=O)N1CC(O)C(O)C1. The first kappa shape index (κ1) is 14.9. The lowest BCUT2D eigenvalue weighted by molar-refractivity contribution is -0.387. The van der Waals surface area contributed by atoms with Crippen molar-refractivity contribution >= 4 is 15.7 Å². The van der Waals surface area contributed by atoms with Crippen molar-refractivity contribution < 1.29 is 23.6 Å². The van der Waals surface area contributed by atoms with Crippen molar-refractivity contribution in [3.63, 3.8) is 0 Å². The molecule has 0 aliphatic carbocycles. The first-order chi connectivity index (χ1) is 9.25. The van der Waals surface area contributed by atoms with Crippen LogP contribution in [-0.4, -0.2) is 53.2 Å². The molecule has 1 aliphatic rings. The molecule has 1 aliphatic heterocycles. The number of sulfonamides is 1. The van der Waals surface area contributed by atoms with Gasteiger partial charge in [0.2, 0.25) is 10.0 Å². The van der Waals surface area contributed by atoms with E-state index in [4.69, 9.17) is 0 Å². The Morgan fingerprint density at radius 3 is 2.35 bits per heavy atom. The van der Waals surface area contributed by atoms with E-state index in [2.05, 4.69) is 0 Å². The summed E-state index contributed by atoms with van der Waals surface area (Å²) in [7, 11) is -4.14. The summed E-state index contributed by atoms with van der Waals surface area (Å²) in [6, 6.07) is 3.98. The number of aryl methyl sites for hydroxylation is 1. The fraction of sp³-hybridized carbons (Fsp3) is 0.455. The van der Waals surface area contributed by atoms with Crippen molar-refractivity contribution in [1.82, 2.24) is 4.31 Å². The fourth-order valence-corrected chi connectivity index (χ4v) is 4.01. The van der Waals surface area contributed by atoms with Crippen molar-refractivity contribution in [2.75, 3.05) is 13.1 Å². The highest BCUT2D eigenvalue weighted by Crippen LogP contribution is 2.31. The monoisotopic (exact) mass is 302 g/mol. The molecule has 110 valence electrons. The second-order valence-corrected chi connectivity index (χ2v) is 6.51. The molecule has 0 spiro atoms. The summed E-state index contributed by atoms with van der Waals surface area (Å²) in [6.45, 7) is 0.896. The van der Waals surface area contributed by atoms with Gasteiger partial charge in [-0.1, -0.05) is 12.1 Å². The number of β-amino-alcohol motifs (C(OH)–C–C–N with tert-alkyl or cyclic N) is 2. The van der Waals surface area contributed by atoms with Gasteiger partial charge in [-0.25, -0.2) is 8.42 Å². The number of hydrogen-bond acceptors (Lipinski definition) is 6. The van der Waals surface area contributed by atoms with Crippen molar-refractivity contribution in [3.8, 4) is 0 Å². The molecule has 0 aromatic heterocycles. The van der Waals surface area contributed by atoms with E-state index in [0.29, 0.717) is 0 Å². The summed E-state index contributed by atoms with van der Waals surface area (Å²) in [4.78, 5) is 9.83. The Morgan fingerprint density at radius 1 is 1.30 bits per heavy atom. The van der Waals surface area contributed by atoms with Crippen molar-refractivity contribution in [3.05, 3.63) is 33.9 Å². The van der Waals surface area contributed by atoms with Crippen molar-refractivity contribution in [1.29, 1.82) is 0 Å². The van der Waals surface area contributed by atoms with Gasteiger partial charge in [-0.15, -0.1) is 0 Å². The van der Waals surface area contributed by atoms with E-state index in [1.165, 1.54) is 19.1 Å². The zero-order chi connectivity index (χ0) is 15.1. The lowest BCUT2D eigenvalue weighted by atomic mass is 10.2. The number of aliphatic hydroxyl groups excluding tert-OH is 2. The lowest BCUT2D eigenvalue weighted by Gasteiger charge is -2.17. The number of aliphatic hydroxyl groups is 2. The highest BCUT2D eigenvalue weighted by Gasteiger charge is 2.40. The maximum Gasteiger partial charge on any atom is 0.289 e. The summed E-state index contributed by atoms with van der Waals surface area (Å²) < 4.78 is 25.8. The van der Waals surface area contributed by atoms with Gasteiger partial charge in [0.05, 0.1) is 17.1 Å². The first-order valence-electron chi connectivity index (χ1n) is 5.85. The van der Waals surface area contributed by atoms with Crippen LogP contribution in [0.4, 0.5) is 5.69 Å². The van der Waals surface area contributed by atoms with Crippen LogP contribution in [0.2, 0.25) is 0 Å². The summed E-state index contributed by atoms with van der Waals surface area (Å²) in [5.74, 6) is 0. The highest BCUT2D eigenvalue weighted by molar-refractivity contribution is 7.89. The van der Waals surface area contributed by atoms with E-state index in [9.17, 15) is 28.7 Å². The van der Waals surface area contributed by atoms with E-state index >= 15 is 0 Å². The third-order valence-electron chi connectivity index (χ3n) is 3.21. The predicted octanol–water partition coefficient (Wildman–Crippen LogP) is -0.371. The Morgan fingerprint density at radius 2 is 1.85 bits per heavy atom. The fourth-order valence-electron chi connectivity index (χ4n) is 2.18. The molecular weight excluding hydrogens is 288 g/mol. The predicted molar refractivity (Wildman–Crippen MR) is 68.6 cm³/mol. The van der Waals surface area contributed by atoms with Crippen LogP contribution in [0.25, 0.3) is 0 Å². The van der Waals surface area contributed by atoms with Crippen molar-refractivity contribution in [2.24, 2.45) is 0 Å². The van der Waals surface area contributed by atoms with Gasteiger partial charge in [-0.05, 0) is 12.5 Å². The largest absolute Gasteiger partial charge is 0.389 e. The minimum absolute atomic E-state index is 0.245. The molecule has 9 heteroatoms. The molecule has 2 rings (SSSR count). The maximum atomic E-state index is 12.5. The van der Waals surface area contributed by atoms with Crippen LogP contribution in [0, 0.1) is 17.0 Å². The second-order valence-electron chi connectivity index (χ2n) is 4.64. The molecule has 0 saturated carbocycles. The Hall–Kier alpha value is -1.55. The van der Waals surface area contributed by atoms with Gasteiger partial charge in [0, 0.05) is 19.2 Å². The second kappa shape index (κ2) is 5.09. The molecule has 0 radical (unpaired) electrons. The van der Waals surface area contributed by atoms with Crippen LogP contribution >= 0.6 is 0 Å². The van der Waals surface area contributed by atoms with Gasteiger partial charge < -0.3 is 10.2 Å². The van der Waals surface area contributed by atoms with Crippen LogP contribution in [0.1, 0.15) is 5.56 Å². The Kier molecular flexibility index (Phi) is 3.78. The minimum Gasteiger partial charge on any atom is -0.389 e.